The molecule has 0 aromatic rings. The first-order valence-electron chi connectivity index (χ1n) is 6.91. The van der Waals surface area contributed by atoms with Crippen LogP contribution in [-0.4, -0.2) is 56.4 Å². The first-order valence-corrected chi connectivity index (χ1v) is 6.91. The van der Waals surface area contributed by atoms with E-state index >= 15 is 0 Å². The van der Waals surface area contributed by atoms with Crippen molar-refractivity contribution in [1.82, 2.24) is 10.2 Å². The number of urea groups is 1. The average molecular weight is 270 g/mol. The summed E-state index contributed by atoms with van der Waals surface area (Å²) in [4.78, 5) is 24.9. The van der Waals surface area contributed by atoms with Crippen molar-refractivity contribution in [1.29, 1.82) is 0 Å². The Kier molecular flexibility index (Phi) is 4.63. The third kappa shape index (κ3) is 3.59. The van der Waals surface area contributed by atoms with E-state index in [1.54, 1.807) is 11.8 Å². The molecule has 6 nitrogen and oxygen atoms in total. The van der Waals surface area contributed by atoms with Gasteiger partial charge in [0.25, 0.3) is 0 Å². The van der Waals surface area contributed by atoms with E-state index in [4.69, 9.17) is 9.47 Å². The molecule has 108 valence electrons. The molecular weight excluding hydrogens is 248 g/mol. The number of rotatable bonds is 3. The van der Waals surface area contributed by atoms with Crippen LogP contribution in [0.1, 0.15) is 26.2 Å². The summed E-state index contributed by atoms with van der Waals surface area (Å²) in [6, 6.07) is -0.170. The molecule has 0 unspecified atom stereocenters. The van der Waals surface area contributed by atoms with Crippen LogP contribution in [0, 0.1) is 5.41 Å². The van der Waals surface area contributed by atoms with E-state index in [1.807, 2.05) is 0 Å². The molecule has 19 heavy (non-hydrogen) atoms. The van der Waals surface area contributed by atoms with Gasteiger partial charge in [-0.2, -0.15) is 0 Å². The van der Waals surface area contributed by atoms with E-state index < -0.39 is 5.97 Å². The summed E-state index contributed by atoms with van der Waals surface area (Å²) < 4.78 is 10.2. The number of carbonyl (C=O) groups is 2. The minimum Gasteiger partial charge on any atom is -0.465 e. The molecule has 2 amide bonds. The van der Waals surface area contributed by atoms with Crippen molar-refractivity contribution >= 4 is 12.0 Å². The molecule has 0 radical (unpaired) electrons. The second-order valence-electron chi connectivity index (χ2n) is 5.25. The van der Waals surface area contributed by atoms with Gasteiger partial charge in [-0.25, -0.2) is 4.79 Å². The molecule has 0 aromatic heterocycles. The van der Waals surface area contributed by atoms with Crippen LogP contribution in [0.25, 0.3) is 0 Å². The van der Waals surface area contributed by atoms with Crippen molar-refractivity contribution in [3.8, 4) is 0 Å². The van der Waals surface area contributed by atoms with Gasteiger partial charge in [0.2, 0.25) is 0 Å². The van der Waals surface area contributed by atoms with Gasteiger partial charge in [0.15, 0.2) is 0 Å². The van der Waals surface area contributed by atoms with Crippen LogP contribution in [0.2, 0.25) is 0 Å². The molecule has 2 aliphatic heterocycles. The summed E-state index contributed by atoms with van der Waals surface area (Å²) in [6.45, 7) is 5.13. The Hall–Kier alpha value is -1.30. The average Bonchev–Trinajstić information content (AvgIpc) is 2.81. The maximum atomic E-state index is 12.0. The van der Waals surface area contributed by atoms with Gasteiger partial charge in [0, 0.05) is 26.3 Å². The normalized spacial score (nSPS) is 21.4. The summed E-state index contributed by atoms with van der Waals surface area (Å²) in [6.07, 6.45) is 3.08. The van der Waals surface area contributed by atoms with Crippen LogP contribution in [0.3, 0.4) is 0 Å². The highest BCUT2D eigenvalue weighted by molar-refractivity contribution is 5.81. The third-order valence-electron chi connectivity index (χ3n) is 3.97. The summed E-state index contributed by atoms with van der Waals surface area (Å²) >= 11 is 0. The van der Waals surface area contributed by atoms with Crippen molar-refractivity contribution < 1.29 is 19.1 Å². The van der Waals surface area contributed by atoms with Gasteiger partial charge in [0.1, 0.15) is 6.54 Å². The minimum atomic E-state index is -0.393. The molecule has 6 heteroatoms. The van der Waals surface area contributed by atoms with Crippen molar-refractivity contribution in [2.45, 2.75) is 26.2 Å². The second-order valence-corrected chi connectivity index (χ2v) is 5.25. The Morgan fingerprint density at radius 3 is 2.74 bits per heavy atom. The number of nitrogens with zero attached hydrogens (tertiary/aromatic N) is 1. The Morgan fingerprint density at radius 1 is 1.32 bits per heavy atom. The summed E-state index contributed by atoms with van der Waals surface area (Å²) in [5.74, 6) is -0.393. The fraction of sp³-hybridized carbons (Fsp3) is 0.846. The van der Waals surface area contributed by atoms with Crippen LogP contribution in [-0.2, 0) is 14.3 Å². The summed E-state index contributed by atoms with van der Waals surface area (Å²) in [5, 5.41) is 2.61. The minimum absolute atomic E-state index is 0.0563. The Morgan fingerprint density at radius 2 is 2.05 bits per heavy atom. The molecule has 2 rings (SSSR count). The number of nitrogens with one attached hydrogen (secondary N) is 1. The SMILES string of the molecule is CCOC(=O)CNC(=O)N1CCC2(CCOCC2)C1. The largest absolute Gasteiger partial charge is 0.465 e. The van der Waals surface area contributed by atoms with Crippen LogP contribution in [0.5, 0.6) is 0 Å². The molecule has 1 N–H and O–H groups in total. The van der Waals surface area contributed by atoms with Gasteiger partial charge >= 0.3 is 12.0 Å². The molecule has 0 saturated carbocycles. The lowest BCUT2D eigenvalue weighted by atomic mass is 9.80. The predicted octanol–water partition coefficient (Wildman–Crippen LogP) is 0.762. The highest BCUT2D eigenvalue weighted by atomic mass is 16.5. The maximum Gasteiger partial charge on any atom is 0.325 e. The molecule has 0 atom stereocenters. The molecular formula is C13H22N2O4. The number of hydrogen-bond donors (Lipinski definition) is 1. The molecule has 1 spiro atoms. The first-order chi connectivity index (χ1) is 9.15. The number of amides is 2. The van der Waals surface area contributed by atoms with E-state index in [1.165, 1.54) is 0 Å². The molecule has 2 aliphatic rings. The highest BCUT2D eigenvalue weighted by Crippen LogP contribution is 2.39. The van der Waals surface area contributed by atoms with Gasteiger partial charge < -0.3 is 19.7 Å². The monoisotopic (exact) mass is 270 g/mol. The first kappa shape index (κ1) is 14.1. The van der Waals surface area contributed by atoms with E-state index in [-0.39, 0.29) is 18.0 Å². The van der Waals surface area contributed by atoms with Gasteiger partial charge in [-0.15, -0.1) is 0 Å². The Balaban J connectivity index is 1.76. The molecule has 0 bridgehead atoms. The predicted molar refractivity (Wildman–Crippen MR) is 68.7 cm³/mol. The maximum absolute atomic E-state index is 12.0. The highest BCUT2D eigenvalue weighted by Gasteiger charge is 2.40. The van der Waals surface area contributed by atoms with Crippen LogP contribution in [0.4, 0.5) is 4.79 Å². The second kappa shape index (κ2) is 6.23. The molecule has 2 fully saturated rings. The van der Waals surface area contributed by atoms with Crippen molar-refractivity contribution in [2.24, 2.45) is 5.41 Å². The number of ether oxygens (including phenoxy) is 2. The van der Waals surface area contributed by atoms with Gasteiger partial charge in [-0.1, -0.05) is 0 Å². The van der Waals surface area contributed by atoms with Gasteiger partial charge in [-0.05, 0) is 31.6 Å². The topological polar surface area (TPSA) is 67.9 Å². The summed E-state index contributed by atoms with van der Waals surface area (Å²) in [7, 11) is 0. The van der Waals surface area contributed by atoms with E-state index in [0.717, 1.165) is 45.6 Å². The number of carbonyl (C=O) groups excluding carboxylic acids is 2. The number of hydrogen-bond acceptors (Lipinski definition) is 4. The van der Waals surface area contributed by atoms with Crippen molar-refractivity contribution in [3.63, 3.8) is 0 Å². The number of esters is 1. The molecule has 2 saturated heterocycles. The van der Waals surface area contributed by atoms with Crippen molar-refractivity contribution in [2.75, 3.05) is 39.5 Å². The third-order valence-corrected chi connectivity index (χ3v) is 3.97. The zero-order valence-electron chi connectivity index (χ0n) is 11.4. The van der Waals surface area contributed by atoms with Gasteiger partial charge in [0.05, 0.1) is 6.61 Å². The van der Waals surface area contributed by atoms with E-state index in [0.29, 0.717) is 6.61 Å². The van der Waals surface area contributed by atoms with Crippen LogP contribution in [0.15, 0.2) is 0 Å². The lowest BCUT2D eigenvalue weighted by Gasteiger charge is -2.33. The van der Waals surface area contributed by atoms with Gasteiger partial charge in [-0.3, -0.25) is 4.79 Å². The number of likely N-dealkylation sites (tertiary alicyclic amines) is 1. The lowest BCUT2D eigenvalue weighted by Crippen LogP contribution is -2.43. The fourth-order valence-electron chi connectivity index (χ4n) is 2.79. The van der Waals surface area contributed by atoms with Crippen LogP contribution < -0.4 is 5.32 Å². The zero-order chi connectivity index (χ0) is 13.7. The molecule has 2 heterocycles. The van der Waals surface area contributed by atoms with E-state index in [9.17, 15) is 9.59 Å². The molecule has 0 aromatic carbocycles. The molecule has 0 aliphatic carbocycles. The fourth-order valence-corrected chi connectivity index (χ4v) is 2.79. The Bertz CT molecular complexity index is 340. The van der Waals surface area contributed by atoms with Crippen molar-refractivity contribution in [3.05, 3.63) is 0 Å². The van der Waals surface area contributed by atoms with Crippen LogP contribution >= 0.6 is 0 Å². The zero-order valence-corrected chi connectivity index (χ0v) is 11.4. The standard InChI is InChI=1S/C13H22N2O4/c1-2-19-11(16)9-14-12(17)15-6-3-13(10-15)4-7-18-8-5-13/h2-10H2,1H3,(H,14,17). The quantitative estimate of drug-likeness (QED) is 0.769. The summed E-state index contributed by atoms with van der Waals surface area (Å²) in [5.41, 5.74) is 0.236. The smallest absolute Gasteiger partial charge is 0.325 e. The lowest BCUT2D eigenvalue weighted by molar-refractivity contribution is -0.141. The van der Waals surface area contributed by atoms with E-state index in [2.05, 4.69) is 5.32 Å². The Labute approximate surface area is 113 Å².